The second-order valence-corrected chi connectivity index (χ2v) is 8.55. The molecular weight excluding hydrogens is 385 g/mol. The van der Waals surface area contributed by atoms with E-state index in [4.69, 9.17) is 4.42 Å². The number of aryl methyl sites for hydroxylation is 1. The van der Waals surface area contributed by atoms with Gasteiger partial charge in [0.1, 0.15) is 17.2 Å². The molecule has 2 fully saturated rings. The second kappa shape index (κ2) is 9.06. The van der Waals surface area contributed by atoms with Crippen LogP contribution < -0.4 is 10.6 Å². The maximum Gasteiger partial charge on any atom is 0.315 e. The van der Waals surface area contributed by atoms with Crippen LogP contribution in [0.4, 0.5) is 9.18 Å². The van der Waals surface area contributed by atoms with Crippen LogP contribution in [0.15, 0.2) is 22.6 Å². The molecule has 0 spiro atoms. The Kier molecular flexibility index (Phi) is 6.25. The Balaban J connectivity index is 1.23. The lowest BCUT2D eigenvalue weighted by molar-refractivity contribution is -0.137. The van der Waals surface area contributed by atoms with Gasteiger partial charge in [-0.3, -0.25) is 4.79 Å². The molecule has 2 heterocycles. The fourth-order valence-electron chi connectivity index (χ4n) is 4.66. The van der Waals surface area contributed by atoms with E-state index < -0.39 is 0 Å². The number of benzene rings is 1. The summed E-state index contributed by atoms with van der Waals surface area (Å²) in [6.07, 6.45) is 7.15. The van der Waals surface area contributed by atoms with Crippen molar-refractivity contribution in [1.82, 2.24) is 15.5 Å². The van der Waals surface area contributed by atoms with E-state index in [-0.39, 0.29) is 30.4 Å². The number of furan rings is 1. The largest absolute Gasteiger partial charge is 0.459 e. The van der Waals surface area contributed by atoms with Crippen LogP contribution in [-0.4, -0.2) is 36.0 Å². The third-order valence-corrected chi connectivity index (χ3v) is 6.50. The van der Waals surface area contributed by atoms with Crippen molar-refractivity contribution < 1.29 is 18.4 Å². The first-order valence-corrected chi connectivity index (χ1v) is 11.0. The van der Waals surface area contributed by atoms with Crippen molar-refractivity contribution in [2.24, 2.45) is 5.92 Å². The van der Waals surface area contributed by atoms with Crippen LogP contribution in [0.1, 0.15) is 56.3 Å². The summed E-state index contributed by atoms with van der Waals surface area (Å²) in [5.41, 5.74) is 1.44. The van der Waals surface area contributed by atoms with Crippen molar-refractivity contribution in [3.05, 3.63) is 35.3 Å². The fraction of sp³-hybridized carbons (Fsp3) is 0.565. The number of carbonyl (C=O) groups is 2. The van der Waals surface area contributed by atoms with Crippen molar-refractivity contribution >= 4 is 22.9 Å². The van der Waals surface area contributed by atoms with E-state index in [1.54, 1.807) is 6.07 Å². The number of nitrogens with zero attached hydrogens (tertiary/aromatic N) is 1. The minimum Gasteiger partial charge on any atom is -0.459 e. The average molecular weight is 416 g/mol. The van der Waals surface area contributed by atoms with E-state index in [0.29, 0.717) is 30.3 Å². The van der Waals surface area contributed by atoms with Crippen LogP contribution in [0.25, 0.3) is 11.0 Å². The highest BCUT2D eigenvalue weighted by molar-refractivity contribution is 5.82. The molecule has 0 unspecified atom stereocenters. The first kappa shape index (κ1) is 20.7. The quantitative estimate of drug-likeness (QED) is 0.784. The van der Waals surface area contributed by atoms with E-state index in [0.717, 1.165) is 49.5 Å². The van der Waals surface area contributed by atoms with Crippen LogP contribution in [0, 0.1) is 18.7 Å². The fourth-order valence-corrected chi connectivity index (χ4v) is 4.66. The van der Waals surface area contributed by atoms with E-state index in [1.165, 1.54) is 18.6 Å². The number of amides is 3. The summed E-state index contributed by atoms with van der Waals surface area (Å²) in [7, 11) is 0. The van der Waals surface area contributed by atoms with Crippen molar-refractivity contribution in [2.75, 3.05) is 13.1 Å². The third kappa shape index (κ3) is 4.60. The van der Waals surface area contributed by atoms with Crippen LogP contribution in [0.3, 0.4) is 0 Å². The number of hydrogen-bond donors (Lipinski definition) is 2. The molecule has 6 nitrogen and oxygen atoms in total. The first-order valence-electron chi connectivity index (χ1n) is 11.0. The number of fused-ring (bicyclic) bond motifs is 1. The van der Waals surface area contributed by atoms with Gasteiger partial charge in [-0.1, -0.05) is 19.3 Å². The molecule has 0 radical (unpaired) electrons. The van der Waals surface area contributed by atoms with Crippen molar-refractivity contribution in [3.63, 3.8) is 0 Å². The molecule has 0 bridgehead atoms. The van der Waals surface area contributed by atoms with Crippen molar-refractivity contribution in [1.29, 1.82) is 0 Å². The summed E-state index contributed by atoms with van der Waals surface area (Å²) in [5.74, 6) is 0.817. The van der Waals surface area contributed by atoms with Gasteiger partial charge in [-0.15, -0.1) is 0 Å². The zero-order valence-electron chi connectivity index (χ0n) is 17.5. The minimum atomic E-state index is -0.308. The number of piperidine rings is 1. The molecule has 3 amide bonds. The Hall–Kier alpha value is -2.57. The normalized spacial score (nSPS) is 18.5. The van der Waals surface area contributed by atoms with Gasteiger partial charge in [-0.05, 0) is 50.8 Å². The molecule has 2 N–H and O–H groups in total. The summed E-state index contributed by atoms with van der Waals surface area (Å²) < 4.78 is 19.2. The van der Waals surface area contributed by atoms with Gasteiger partial charge in [0.05, 0.1) is 6.54 Å². The molecule has 1 saturated heterocycles. The van der Waals surface area contributed by atoms with E-state index in [9.17, 15) is 14.0 Å². The third-order valence-electron chi connectivity index (χ3n) is 6.50. The van der Waals surface area contributed by atoms with Crippen LogP contribution in [0.5, 0.6) is 0 Å². The Morgan fingerprint density at radius 2 is 1.87 bits per heavy atom. The van der Waals surface area contributed by atoms with Gasteiger partial charge >= 0.3 is 6.03 Å². The molecule has 2 aliphatic rings. The lowest BCUT2D eigenvalue weighted by atomic mass is 9.87. The summed E-state index contributed by atoms with van der Waals surface area (Å²) in [6.45, 7) is 3.51. The lowest BCUT2D eigenvalue weighted by Gasteiger charge is -2.35. The maximum absolute atomic E-state index is 13.4. The highest BCUT2D eigenvalue weighted by Crippen LogP contribution is 2.27. The number of rotatable bonds is 4. The van der Waals surface area contributed by atoms with Crippen molar-refractivity contribution in [2.45, 2.75) is 64.5 Å². The van der Waals surface area contributed by atoms with Gasteiger partial charge in [-0.25, -0.2) is 9.18 Å². The highest BCUT2D eigenvalue weighted by Gasteiger charge is 2.29. The van der Waals surface area contributed by atoms with Crippen LogP contribution >= 0.6 is 0 Å². The molecule has 1 aliphatic carbocycles. The van der Waals surface area contributed by atoms with E-state index >= 15 is 0 Å². The van der Waals surface area contributed by atoms with Gasteiger partial charge in [0.25, 0.3) is 0 Å². The molecule has 162 valence electrons. The predicted octanol–water partition coefficient (Wildman–Crippen LogP) is 4.25. The Morgan fingerprint density at radius 1 is 1.13 bits per heavy atom. The topological polar surface area (TPSA) is 74.6 Å². The molecule has 7 heteroatoms. The molecule has 1 aromatic carbocycles. The Morgan fingerprint density at radius 3 is 2.60 bits per heavy atom. The molecular formula is C23H30FN3O3. The monoisotopic (exact) mass is 415 g/mol. The SMILES string of the molecule is Cc1c(CNC(=O)NC2CCN(C(=O)C3CCCCC3)CC2)oc2ccc(F)cc12. The Bertz CT molecular complexity index is 912. The number of hydrogen-bond acceptors (Lipinski definition) is 3. The molecule has 4 rings (SSSR count). The number of halogens is 1. The molecule has 1 aliphatic heterocycles. The zero-order chi connectivity index (χ0) is 21.1. The van der Waals surface area contributed by atoms with E-state index in [2.05, 4.69) is 10.6 Å². The molecule has 2 aromatic rings. The standard InChI is InChI=1S/C23H30FN3O3/c1-15-19-13-17(24)7-8-20(19)30-21(15)14-25-23(29)26-18-9-11-27(12-10-18)22(28)16-5-3-2-4-6-16/h7-8,13,16,18H,2-6,9-12,14H2,1H3,(H2,25,26,29). The Labute approximate surface area is 176 Å². The van der Waals surface area contributed by atoms with Crippen LogP contribution in [-0.2, 0) is 11.3 Å². The smallest absolute Gasteiger partial charge is 0.315 e. The van der Waals surface area contributed by atoms with Gasteiger partial charge < -0.3 is 20.0 Å². The maximum atomic E-state index is 13.4. The number of urea groups is 1. The highest BCUT2D eigenvalue weighted by atomic mass is 19.1. The molecule has 1 saturated carbocycles. The number of likely N-dealkylation sites (tertiary alicyclic amines) is 1. The molecule has 30 heavy (non-hydrogen) atoms. The van der Waals surface area contributed by atoms with Gasteiger partial charge in [0, 0.05) is 36.0 Å². The average Bonchev–Trinajstić information content (AvgIpc) is 3.08. The lowest BCUT2D eigenvalue weighted by Crippen LogP contribution is -2.50. The first-order chi connectivity index (χ1) is 14.5. The summed E-state index contributed by atoms with van der Waals surface area (Å²) in [4.78, 5) is 27.0. The number of carbonyl (C=O) groups excluding carboxylic acids is 2. The van der Waals surface area contributed by atoms with E-state index in [1.807, 2.05) is 11.8 Å². The predicted molar refractivity (Wildman–Crippen MR) is 112 cm³/mol. The van der Waals surface area contributed by atoms with Crippen molar-refractivity contribution in [3.8, 4) is 0 Å². The van der Waals surface area contributed by atoms with Gasteiger partial charge in [0.15, 0.2) is 0 Å². The number of nitrogens with one attached hydrogen (secondary N) is 2. The minimum absolute atomic E-state index is 0.0614. The van der Waals surface area contributed by atoms with Crippen LogP contribution in [0.2, 0.25) is 0 Å². The summed E-state index contributed by atoms with van der Waals surface area (Å²) in [5, 5.41) is 6.56. The summed E-state index contributed by atoms with van der Waals surface area (Å²) >= 11 is 0. The molecule has 0 atom stereocenters. The zero-order valence-corrected chi connectivity index (χ0v) is 17.5. The second-order valence-electron chi connectivity index (χ2n) is 8.55. The molecule has 1 aromatic heterocycles. The van der Waals surface area contributed by atoms with Gasteiger partial charge in [0.2, 0.25) is 5.91 Å². The van der Waals surface area contributed by atoms with Gasteiger partial charge in [-0.2, -0.15) is 0 Å². The summed E-state index contributed by atoms with van der Waals surface area (Å²) in [6, 6.07) is 4.22.